The fraction of sp³-hybridized carbons (Fsp3) is 0.292. The number of amides is 2. The van der Waals surface area contributed by atoms with E-state index in [1.165, 1.54) is 6.20 Å². The van der Waals surface area contributed by atoms with Crippen LogP contribution in [0.15, 0.2) is 42.6 Å². The summed E-state index contributed by atoms with van der Waals surface area (Å²) in [5.41, 5.74) is 5.86. The van der Waals surface area contributed by atoms with Gasteiger partial charge in [-0.15, -0.1) is 0 Å². The molecule has 7 heteroatoms. The molecule has 1 aromatic heterocycles. The number of carbonyl (C=O) groups is 2. The summed E-state index contributed by atoms with van der Waals surface area (Å²) in [7, 11) is 0. The summed E-state index contributed by atoms with van der Waals surface area (Å²) in [6.07, 6.45) is 1.53. The second-order valence-corrected chi connectivity index (χ2v) is 8.43. The molecule has 3 aromatic rings. The number of carbonyl (C=O) groups excluding carboxylic acids is 2. The second-order valence-electron chi connectivity index (χ2n) is 7.99. The van der Waals surface area contributed by atoms with Gasteiger partial charge < -0.3 is 10.6 Å². The number of nitrogens with zero attached hydrogens (tertiary/aromatic N) is 2. The lowest BCUT2D eigenvalue weighted by Gasteiger charge is -2.14. The molecular weight excluding hydrogens is 412 g/mol. The standard InChI is InChI=1S/C24H27ClN4O2/c1-14(2)23-20(12-27-29(23)19-8-6-7-18(25)11-19)24(31)26-13-21(30)28-22-16(4)9-15(3)10-17(22)5/h6-12,14H,13H2,1-5H3,(H,26,31)(H,28,30). The molecule has 0 aliphatic rings. The van der Waals surface area contributed by atoms with Crippen LogP contribution in [0.4, 0.5) is 5.69 Å². The van der Waals surface area contributed by atoms with Gasteiger partial charge in [0.1, 0.15) is 0 Å². The predicted molar refractivity (Wildman–Crippen MR) is 124 cm³/mol. The molecule has 0 fully saturated rings. The Hall–Kier alpha value is -3.12. The van der Waals surface area contributed by atoms with Crippen molar-refractivity contribution >= 4 is 29.1 Å². The zero-order valence-electron chi connectivity index (χ0n) is 18.4. The van der Waals surface area contributed by atoms with Crippen LogP contribution in [-0.2, 0) is 4.79 Å². The molecular formula is C24H27ClN4O2. The van der Waals surface area contributed by atoms with E-state index in [9.17, 15) is 9.59 Å². The molecule has 0 saturated carbocycles. The highest BCUT2D eigenvalue weighted by Crippen LogP contribution is 2.25. The number of aryl methyl sites for hydroxylation is 3. The first kappa shape index (κ1) is 22.6. The van der Waals surface area contributed by atoms with Crippen LogP contribution in [-0.4, -0.2) is 28.1 Å². The van der Waals surface area contributed by atoms with Gasteiger partial charge in [0.2, 0.25) is 5.91 Å². The van der Waals surface area contributed by atoms with Crippen molar-refractivity contribution in [3.8, 4) is 5.69 Å². The van der Waals surface area contributed by atoms with E-state index in [1.807, 2.05) is 58.9 Å². The molecule has 2 amide bonds. The first-order valence-electron chi connectivity index (χ1n) is 10.2. The van der Waals surface area contributed by atoms with Crippen molar-refractivity contribution in [2.75, 3.05) is 11.9 Å². The Morgan fingerprint density at radius 1 is 1.10 bits per heavy atom. The highest BCUT2D eigenvalue weighted by molar-refractivity contribution is 6.30. The summed E-state index contributed by atoms with van der Waals surface area (Å²) in [5.74, 6) is -0.588. The van der Waals surface area contributed by atoms with Crippen LogP contribution < -0.4 is 10.6 Å². The Kier molecular flexibility index (Phi) is 6.81. The largest absolute Gasteiger partial charge is 0.343 e. The Morgan fingerprint density at radius 3 is 2.39 bits per heavy atom. The van der Waals surface area contributed by atoms with Gasteiger partial charge in [-0.05, 0) is 56.0 Å². The van der Waals surface area contributed by atoms with Gasteiger partial charge in [0.05, 0.1) is 29.7 Å². The van der Waals surface area contributed by atoms with Crippen LogP contribution in [0.5, 0.6) is 0 Å². The second kappa shape index (κ2) is 9.35. The molecule has 6 nitrogen and oxygen atoms in total. The summed E-state index contributed by atoms with van der Waals surface area (Å²) < 4.78 is 1.71. The summed E-state index contributed by atoms with van der Waals surface area (Å²) in [6.45, 7) is 9.77. The highest BCUT2D eigenvalue weighted by Gasteiger charge is 2.21. The minimum atomic E-state index is -0.343. The fourth-order valence-corrected chi connectivity index (χ4v) is 3.90. The van der Waals surface area contributed by atoms with Gasteiger partial charge in [-0.1, -0.05) is 49.2 Å². The lowest BCUT2D eigenvalue weighted by molar-refractivity contribution is -0.115. The molecule has 0 atom stereocenters. The van der Waals surface area contributed by atoms with E-state index >= 15 is 0 Å². The number of benzene rings is 2. The molecule has 3 rings (SSSR count). The SMILES string of the molecule is Cc1cc(C)c(NC(=O)CNC(=O)c2cnn(-c3cccc(Cl)c3)c2C(C)C)c(C)c1. The first-order chi connectivity index (χ1) is 14.7. The minimum absolute atomic E-state index is 0.0360. The number of hydrogen-bond acceptors (Lipinski definition) is 3. The zero-order chi connectivity index (χ0) is 22.7. The normalized spacial score (nSPS) is 10.9. The molecule has 0 unspecified atom stereocenters. The van der Waals surface area contributed by atoms with Crippen molar-refractivity contribution in [3.05, 3.63) is 75.6 Å². The molecule has 0 aliphatic heterocycles. The number of nitrogens with one attached hydrogen (secondary N) is 2. The van der Waals surface area contributed by atoms with Crippen molar-refractivity contribution < 1.29 is 9.59 Å². The molecule has 31 heavy (non-hydrogen) atoms. The maximum atomic E-state index is 12.8. The number of hydrogen-bond donors (Lipinski definition) is 2. The van der Waals surface area contributed by atoms with E-state index in [2.05, 4.69) is 15.7 Å². The Labute approximate surface area is 187 Å². The van der Waals surface area contributed by atoms with Gasteiger partial charge in [-0.25, -0.2) is 4.68 Å². The summed E-state index contributed by atoms with van der Waals surface area (Å²) in [5, 5.41) is 10.6. The van der Waals surface area contributed by atoms with Crippen LogP contribution in [0.1, 0.15) is 52.5 Å². The summed E-state index contributed by atoms with van der Waals surface area (Å²) >= 11 is 6.11. The lowest BCUT2D eigenvalue weighted by Crippen LogP contribution is -2.33. The molecule has 0 aliphatic carbocycles. The quantitative estimate of drug-likeness (QED) is 0.572. The smallest absolute Gasteiger partial charge is 0.255 e. The van der Waals surface area contributed by atoms with Gasteiger partial charge in [-0.2, -0.15) is 5.10 Å². The maximum Gasteiger partial charge on any atom is 0.255 e. The van der Waals surface area contributed by atoms with Gasteiger partial charge >= 0.3 is 0 Å². The molecule has 2 aromatic carbocycles. The van der Waals surface area contributed by atoms with E-state index in [4.69, 9.17) is 11.6 Å². The minimum Gasteiger partial charge on any atom is -0.343 e. The molecule has 0 bridgehead atoms. The third-order valence-electron chi connectivity index (χ3n) is 5.00. The Bertz CT molecular complexity index is 1110. The number of aromatic nitrogens is 2. The summed E-state index contributed by atoms with van der Waals surface area (Å²) in [4.78, 5) is 25.3. The first-order valence-corrected chi connectivity index (χ1v) is 10.5. The number of rotatable bonds is 6. The van der Waals surface area contributed by atoms with Gasteiger partial charge in [0.25, 0.3) is 5.91 Å². The molecule has 0 spiro atoms. The van der Waals surface area contributed by atoms with Crippen LogP contribution in [0, 0.1) is 20.8 Å². The molecule has 162 valence electrons. The molecule has 2 N–H and O–H groups in total. The number of halogens is 1. The van der Waals surface area contributed by atoms with Crippen molar-refractivity contribution in [1.82, 2.24) is 15.1 Å². The fourth-order valence-electron chi connectivity index (χ4n) is 3.72. The predicted octanol–water partition coefficient (Wildman–Crippen LogP) is 4.94. The average Bonchev–Trinajstić information content (AvgIpc) is 3.14. The van der Waals surface area contributed by atoms with Gasteiger partial charge in [-0.3, -0.25) is 9.59 Å². The lowest BCUT2D eigenvalue weighted by atomic mass is 10.0. The van der Waals surface area contributed by atoms with E-state index in [-0.39, 0.29) is 24.3 Å². The van der Waals surface area contributed by atoms with Crippen molar-refractivity contribution in [1.29, 1.82) is 0 Å². The van der Waals surface area contributed by atoms with Crippen LogP contribution in [0.3, 0.4) is 0 Å². The van der Waals surface area contributed by atoms with Crippen LogP contribution in [0.25, 0.3) is 5.69 Å². The average molecular weight is 439 g/mol. The zero-order valence-corrected chi connectivity index (χ0v) is 19.2. The van der Waals surface area contributed by atoms with E-state index in [0.29, 0.717) is 10.6 Å². The highest BCUT2D eigenvalue weighted by atomic mass is 35.5. The van der Waals surface area contributed by atoms with E-state index in [0.717, 1.165) is 33.8 Å². The van der Waals surface area contributed by atoms with Crippen LogP contribution >= 0.6 is 11.6 Å². The Morgan fingerprint density at radius 2 is 1.77 bits per heavy atom. The van der Waals surface area contributed by atoms with E-state index < -0.39 is 0 Å². The van der Waals surface area contributed by atoms with Gasteiger partial charge in [0.15, 0.2) is 0 Å². The topological polar surface area (TPSA) is 76.0 Å². The summed E-state index contributed by atoms with van der Waals surface area (Å²) in [6, 6.07) is 11.3. The molecule has 1 heterocycles. The third kappa shape index (κ3) is 5.14. The van der Waals surface area contributed by atoms with Crippen molar-refractivity contribution in [2.45, 2.75) is 40.5 Å². The van der Waals surface area contributed by atoms with Crippen molar-refractivity contribution in [3.63, 3.8) is 0 Å². The third-order valence-corrected chi connectivity index (χ3v) is 5.24. The molecule has 0 radical (unpaired) electrons. The maximum absolute atomic E-state index is 12.8. The molecule has 0 saturated heterocycles. The van der Waals surface area contributed by atoms with Crippen molar-refractivity contribution in [2.24, 2.45) is 0 Å². The monoisotopic (exact) mass is 438 g/mol. The van der Waals surface area contributed by atoms with Gasteiger partial charge in [0, 0.05) is 10.7 Å². The Balaban J connectivity index is 1.74. The van der Waals surface area contributed by atoms with Crippen LogP contribution in [0.2, 0.25) is 5.02 Å². The van der Waals surface area contributed by atoms with E-state index in [1.54, 1.807) is 16.8 Å². The number of anilines is 1.